The van der Waals surface area contributed by atoms with Gasteiger partial charge in [0.15, 0.2) is 0 Å². The summed E-state index contributed by atoms with van der Waals surface area (Å²) in [7, 11) is 0. The maximum absolute atomic E-state index is 12.1. The van der Waals surface area contributed by atoms with Crippen LogP contribution in [0, 0.1) is 5.92 Å². The number of amides is 1. The number of carbonyl (C=O) groups excluding carboxylic acids is 1. The molecule has 0 fully saturated rings. The maximum atomic E-state index is 12.1. The van der Waals surface area contributed by atoms with E-state index in [1.165, 1.54) is 0 Å². The van der Waals surface area contributed by atoms with Gasteiger partial charge in [0.1, 0.15) is 0 Å². The Hall–Kier alpha value is -1.91. The predicted octanol–water partition coefficient (Wildman–Crippen LogP) is 1.93. The number of carboxylic acids is 1. The first-order valence-corrected chi connectivity index (χ1v) is 6.41. The Morgan fingerprint density at radius 1 is 1.32 bits per heavy atom. The van der Waals surface area contributed by atoms with Crippen LogP contribution in [-0.4, -0.2) is 33.4 Å². The van der Waals surface area contributed by atoms with Gasteiger partial charge in [0.2, 0.25) is 5.91 Å². The van der Waals surface area contributed by atoms with Crippen LogP contribution < -0.4 is 0 Å². The van der Waals surface area contributed by atoms with Crippen LogP contribution in [0.5, 0.6) is 0 Å². The molecule has 5 heteroatoms. The highest BCUT2D eigenvalue weighted by atomic mass is 16.4. The predicted molar refractivity (Wildman–Crippen MR) is 71.4 cm³/mol. The van der Waals surface area contributed by atoms with E-state index in [2.05, 4.69) is 4.98 Å². The van der Waals surface area contributed by atoms with Gasteiger partial charge in [-0.3, -0.25) is 14.6 Å². The van der Waals surface area contributed by atoms with Gasteiger partial charge < -0.3 is 10.0 Å². The van der Waals surface area contributed by atoms with Gasteiger partial charge in [-0.05, 0) is 30.5 Å². The minimum atomic E-state index is -0.863. The molecule has 1 rings (SSSR count). The van der Waals surface area contributed by atoms with E-state index in [9.17, 15) is 9.59 Å². The summed E-state index contributed by atoms with van der Waals surface area (Å²) in [5, 5.41) is 8.70. The topological polar surface area (TPSA) is 70.5 Å². The molecule has 0 radical (unpaired) electrons. The third-order valence-electron chi connectivity index (χ3n) is 2.90. The third-order valence-corrected chi connectivity index (χ3v) is 2.90. The van der Waals surface area contributed by atoms with Crippen molar-refractivity contribution in [3.63, 3.8) is 0 Å². The Morgan fingerprint density at radius 3 is 2.47 bits per heavy atom. The number of aliphatic carboxylic acids is 1. The lowest BCUT2D eigenvalue weighted by atomic mass is 10.0. The minimum absolute atomic E-state index is 0.00642. The molecule has 0 aromatic carbocycles. The maximum Gasteiger partial charge on any atom is 0.303 e. The molecule has 0 saturated heterocycles. The van der Waals surface area contributed by atoms with Crippen molar-refractivity contribution in [2.24, 2.45) is 5.92 Å². The molecule has 1 aromatic heterocycles. The van der Waals surface area contributed by atoms with Gasteiger partial charge in [-0.1, -0.05) is 6.92 Å². The van der Waals surface area contributed by atoms with Gasteiger partial charge in [-0.2, -0.15) is 0 Å². The van der Waals surface area contributed by atoms with E-state index in [1.807, 2.05) is 19.1 Å². The minimum Gasteiger partial charge on any atom is -0.481 e. The number of carbonyl (C=O) groups is 2. The first-order valence-electron chi connectivity index (χ1n) is 6.41. The average molecular weight is 264 g/mol. The van der Waals surface area contributed by atoms with Crippen LogP contribution in [0.3, 0.4) is 0 Å². The van der Waals surface area contributed by atoms with Crippen LogP contribution in [0.1, 0.15) is 32.3 Å². The second-order valence-corrected chi connectivity index (χ2v) is 4.67. The smallest absolute Gasteiger partial charge is 0.303 e. The van der Waals surface area contributed by atoms with Crippen LogP contribution in [0.25, 0.3) is 0 Å². The lowest BCUT2D eigenvalue weighted by molar-refractivity contribution is -0.138. The summed E-state index contributed by atoms with van der Waals surface area (Å²) in [6, 6.07) is 3.74. The number of rotatable bonds is 7. The zero-order chi connectivity index (χ0) is 14.3. The van der Waals surface area contributed by atoms with Crippen molar-refractivity contribution in [1.82, 2.24) is 9.88 Å². The van der Waals surface area contributed by atoms with Crippen molar-refractivity contribution in [3.05, 3.63) is 30.1 Å². The van der Waals surface area contributed by atoms with Gasteiger partial charge >= 0.3 is 5.97 Å². The molecular weight excluding hydrogens is 244 g/mol. The zero-order valence-electron chi connectivity index (χ0n) is 11.4. The highest BCUT2D eigenvalue weighted by molar-refractivity contribution is 5.77. The van der Waals surface area contributed by atoms with Crippen molar-refractivity contribution in [1.29, 1.82) is 0 Å². The molecular formula is C14H20N2O3. The Bertz CT molecular complexity index is 420. The van der Waals surface area contributed by atoms with Crippen LogP contribution in [-0.2, 0) is 16.1 Å². The van der Waals surface area contributed by atoms with Crippen LogP contribution >= 0.6 is 0 Å². The van der Waals surface area contributed by atoms with E-state index in [1.54, 1.807) is 24.2 Å². The van der Waals surface area contributed by atoms with Gasteiger partial charge in [-0.15, -0.1) is 0 Å². The standard InChI is InChI=1S/C14H20N2O3/c1-3-16(10-12-4-6-15-7-5-12)13(17)8-11(2)9-14(18)19/h4-7,11H,3,8-10H2,1-2H3,(H,18,19). The molecule has 0 saturated carbocycles. The van der Waals surface area contributed by atoms with Gasteiger partial charge in [-0.25, -0.2) is 0 Å². The van der Waals surface area contributed by atoms with Crippen LogP contribution in [0.4, 0.5) is 0 Å². The number of nitrogens with zero attached hydrogens (tertiary/aromatic N) is 2. The fourth-order valence-corrected chi connectivity index (χ4v) is 1.88. The van der Waals surface area contributed by atoms with Gasteiger partial charge in [0.05, 0.1) is 0 Å². The molecule has 104 valence electrons. The highest BCUT2D eigenvalue weighted by Gasteiger charge is 2.17. The highest BCUT2D eigenvalue weighted by Crippen LogP contribution is 2.12. The SMILES string of the molecule is CCN(Cc1ccncc1)C(=O)CC(C)CC(=O)O. The normalized spacial score (nSPS) is 11.9. The fourth-order valence-electron chi connectivity index (χ4n) is 1.88. The lowest BCUT2D eigenvalue weighted by Gasteiger charge is -2.22. The molecule has 1 N–H and O–H groups in total. The Kier molecular flexibility index (Phi) is 5.99. The summed E-state index contributed by atoms with van der Waals surface area (Å²) in [6.07, 6.45) is 3.69. The van der Waals surface area contributed by atoms with Crippen molar-refractivity contribution in [3.8, 4) is 0 Å². The number of aromatic nitrogens is 1. The summed E-state index contributed by atoms with van der Waals surface area (Å²) < 4.78 is 0. The molecule has 5 nitrogen and oxygen atoms in total. The summed E-state index contributed by atoms with van der Waals surface area (Å²) in [4.78, 5) is 28.3. The number of carboxylic acid groups (broad SMARTS) is 1. The van der Waals surface area contributed by atoms with E-state index in [-0.39, 0.29) is 24.7 Å². The first-order chi connectivity index (χ1) is 9.02. The molecule has 0 bridgehead atoms. The second kappa shape index (κ2) is 7.51. The van der Waals surface area contributed by atoms with E-state index in [0.717, 1.165) is 5.56 Å². The van der Waals surface area contributed by atoms with E-state index in [4.69, 9.17) is 5.11 Å². The largest absolute Gasteiger partial charge is 0.481 e. The van der Waals surface area contributed by atoms with Crippen molar-refractivity contribution >= 4 is 11.9 Å². The first kappa shape index (κ1) is 15.1. The monoisotopic (exact) mass is 264 g/mol. The molecule has 1 atom stereocenters. The molecule has 1 heterocycles. The molecule has 0 aliphatic rings. The Labute approximate surface area is 113 Å². The zero-order valence-corrected chi connectivity index (χ0v) is 11.4. The second-order valence-electron chi connectivity index (χ2n) is 4.67. The quantitative estimate of drug-likeness (QED) is 0.817. The summed E-state index contributed by atoms with van der Waals surface area (Å²) in [6.45, 7) is 4.85. The van der Waals surface area contributed by atoms with Gasteiger partial charge in [0.25, 0.3) is 0 Å². The van der Waals surface area contributed by atoms with Crippen molar-refractivity contribution in [2.45, 2.75) is 33.2 Å². The van der Waals surface area contributed by atoms with Crippen molar-refractivity contribution in [2.75, 3.05) is 6.54 Å². The number of hydrogen-bond acceptors (Lipinski definition) is 3. The lowest BCUT2D eigenvalue weighted by Crippen LogP contribution is -2.31. The number of pyridine rings is 1. The molecule has 19 heavy (non-hydrogen) atoms. The molecule has 0 spiro atoms. The van der Waals surface area contributed by atoms with Crippen LogP contribution in [0.15, 0.2) is 24.5 Å². The van der Waals surface area contributed by atoms with E-state index < -0.39 is 5.97 Å². The molecule has 1 amide bonds. The Balaban J connectivity index is 2.54. The number of hydrogen-bond donors (Lipinski definition) is 1. The molecule has 1 aromatic rings. The summed E-state index contributed by atoms with van der Waals surface area (Å²) in [5.74, 6) is -1.01. The van der Waals surface area contributed by atoms with E-state index >= 15 is 0 Å². The van der Waals surface area contributed by atoms with Crippen LogP contribution in [0.2, 0.25) is 0 Å². The average Bonchev–Trinajstić information content (AvgIpc) is 2.35. The van der Waals surface area contributed by atoms with Gasteiger partial charge in [0, 0.05) is 38.3 Å². The molecule has 0 aliphatic heterocycles. The molecule has 1 unspecified atom stereocenters. The summed E-state index contributed by atoms with van der Waals surface area (Å²) >= 11 is 0. The third kappa shape index (κ3) is 5.50. The van der Waals surface area contributed by atoms with E-state index in [0.29, 0.717) is 13.1 Å². The fraction of sp³-hybridized carbons (Fsp3) is 0.500. The van der Waals surface area contributed by atoms with Crippen molar-refractivity contribution < 1.29 is 14.7 Å². The molecule has 0 aliphatic carbocycles. The Morgan fingerprint density at radius 2 is 1.95 bits per heavy atom. The summed E-state index contributed by atoms with van der Waals surface area (Å²) in [5.41, 5.74) is 1.02.